The van der Waals surface area contributed by atoms with Crippen molar-refractivity contribution in [2.45, 2.75) is 20.3 Å². The number of aliphatic imine (C=N–C) groups is 2. The summed E-state index contributed by atoms with van der Waals surface area (Å²) >= 11 is 0. The molecule has 1 amide bonds. The van der Waals surface area contributed by atoms with Gasteiger partial charge in [-0.3, -0.25) is 9.79 Å². The number of nitrogens with zero attached hydrogens (tertiary/aromatic N) is 7. The summed E-state index contributed by atoms with van der Waals surface area (Å²) in [6, 6.07) is 12.1. The van der Waals surface area contributed by atoms with Crippen LogP contribution in [0.2, 0.25) is 0 Å². The van der Waals surface area contributed by atoms with Crippen molar-refractivity contribution in [1.29, 1.82) is 0 Å². The van der Waals surface area contributed by atoms with E-state index >= 15 is 0 Å². The molecule has 10 heteroatoms. The molecule has 1 saturated heterocycles. The number of anilines is 1. The van der Waals surface area contributed by atoms with Crippen molar-refractivity contribution >= 4 is 23.4 Å². The largest absolute Gasteiger partial charge is 0.339 e. The molecule has 1 aliphatic heterocycles. The number of rotatable bonds is 4. The number of hydrogen-bond acceptors (Lipinski definition) is 4. The van der Waals surface area contributed by atoms with E-state index in [2.05, 4.69) is 20.0 Å². The van der Waals surface area contributed by atoms with E-state index < -0.39 is 0 Å². The van der Waals surface area contributed by atoms with E-state index in [-0.39, 0.29) is 17.5 Å². The zero-order valence-electron chi connectivity index (χ0n) is 21.4. The molecule has 0 atom stereocenters. The highest BCUT2D eigenvalue weighted by atomic mass is 19.1. The van der Waals surface area contributed by atoms with Crippen LogP contribution in [0, 0.1) is 11.6 Å². The molecule has 0 bridgehead atoms. The molecular formula is C26H33F2N7O. The van der Waals surface area contributed by atoms with E-state index in [1.54, 1.807) is 36.1 Å². The van der Waals surface area contributed by atoms with E-state index in [9.17, 15) is 13.6 Å². The molecule has 8 nitrogen and oxygen atoms in total. The lowest BCUT2D eigenvalue weighted by Crippen LogP contribution is -2.50. The fraction of sp³-hybridized carbons (Fsp3) is 0.385. The third-order valence-corrected chi connectivity index (χ3v) is 6.03. The van der Waals surface area contributed by atoms with Crippen LogP contribution in [-0.4, -0.2) is 70.2 Å². The Morgan fingerprint density at radius 2 is 1.44 bits per heavy atom. The van der Waals surface area contributed by atoms with Gasteiger partial charge in [-0.1, -0.05) is 19.1 Å². The van der Waals surface area contributed by atoms with Crippen LogP contribution in [0.3, 0.4) is 0 Å². The first-order chi connectivity index (χ1) is 17.2. The molecule has 192 valence electrons. The maximum Gasteiger partial charge on any atom is 0.241 e. The van der Waals surface area contributed by atoms with Gasteiger partial charge in [0.25, 0.3) is 0 Å². The van der Waals surface area contributed by atoms with Gasteiger partial charge in [0.05, 0.1) is 0 Å². The van der Waals surface area contributed by atoms with Gasteiger partial charge in [-0.2, -0.15) is 0 Å². The average molecular weight is 498 g/mol. The van der Waals surface area contributed by atoms with Crippen molar-refractivity contribution in [3.05, 3.63) is 71.3 Å². The quantitative estimate of drug-likeness (QED) is 0.408. The lowest BCUT2D eigenvalue weighted by Gasteiger charge is -2.37. The summed E-state index contributed by atoms with van der Waals surface area (Å²) in [5.74, 6) is 1.17. The van der Waals surface area contributed by atoms with E-state index in [1.165, 1.54) is 24.3 Å². The second kappa shape index (κ2) is 12.2. The highest BCUT2D eigenvalue weighted by Gasteiger charge is 2.23. The number of carbonyl (C=O) groups is 1. The first-order valence-corrected chi connectivity index (χ1v) is 11.9. The number of hydrogen-bond donors (Lipinski definition) is 0. The van der Waals surface area contributed by atoms with Gasteiger partial charge in [-0.15, -0.1) is 5.10 Å². The Morgan fingerprint density at radius 1 is 0.917 bits per heavy atom. The Morgan fingerprint density at radius 3 is 1.89 bits per heavy atom. The summed E-state index contributed by atoms with van der Waals surface area (Å²) in [6.07, 6.45) is 0.601. The molecule has 0 radical (unpaired) electrons. The number of amidine groups is 1. The normalized spacial score (nSPS) is 14.5. The molecule has 0 unspecified atom stereocenters. The van der Waals surface area contributed by atoms with Crippen LogP contribution in [0.15, 0.2) is 58.5 Å². The van der Waals surface area contributed by atoms with Gasteiger partial charge in [0.1, 0.15) is 11.6 Å². The second-order valence-electron chi connectivity index (χ2n) is 8.39. The first-order valence-electron chi connectivity index (χ1n) is 11.9. The Balaban J connectivity index is 0.000000205. The van der Waals surface area contributed by atoms with Crippen molar-refractivity contribution < 1.29 is 13.6 Å². The van der Waals surface area contributed by atoms with Crippen molar-refractivity contribution in [1.82, 2.24) is 19.5 Å². The topological polar surface area (TPSA) is 71.0 Å². The zero-order chi connectivity index (χ0) is 26.2. The Hall–Kier alpha value is -3.82. The van der Waals surface area contributed by atoms with Crippen LogP contribution in [-0.2, 0) is 18.9 Å². The molecule has 2 heterocycles. The number of amides is 1. The zero-order valence-corrected chi connectivity index (χ0v) is 21.4. The minimum absolute atomic E-state index is 0.251. The number of aromatic nitrogens is 3. The number of benzene rings is 2. The van der Waals surface area contributed by atoms with Gasteiger partial charge in [0.15, 0.2) is 5.84 Å². The van der Waals surface area contributed by atoms with Gasteiger partial charge in [0, 0.05) is 65.0 Å². The highest BCUT2D eigenvalue weighted by Crippen LogP contribution is 2.14. The minimum Gasteiger partial charge on any atom is -0.339 e. The number of halogens is 2. The Labute approximate surface area is 210 Å². The minimum atomic E-state index is -0.302. The molecule has 0 saturated carbocycles. The van der Waals surface area contributed by atoms with Crippen LogP contribution in [0.5, 0.6) is 0 Å². The molecular weight excluding hydrogens is 464 g/mol. The summed E-state index contributed by atoms with van der Waals surface area (Å²) in [4.78, 5) is 26.0. The fourth-order valence-electron chi connectivity index (χ4n) is 3.76. The van der Waals surface area contributed by atoms with Crippen molar-refractivity contribution in [2.24, 2.45) is 24.1 Å². The summed E-state index contributed by atoms with van der Waals surface area (Å²) in [7, 11) is 5.53. The first kappa shape index (κ1) is 26.8. The molecule has 0 aliphatic carbocycles. The lowest BCUT2D eigenvalue weighted by molar-refractivity contribution is -0.131. The van der Waals surface area contributed by atoms with Crippen LogP contribution in [0.25, 0.3) is 0 Å². The third kappa shape index (κ3) is 6.65. The summed E-state index contributed by atoms with van der Waals surface area (Å²) < 4.78 is 27.8. The van der Waals surface area contributed by atoms with Crippen LogP contribution in [0.4, 0.5) is 14.7 Å². The van der Waals surface area contributed by atoms with Crippen molar-refractivity contribution in [2.75, 3.05) is 38.1 Å². The summed E-state index contributed by atoms with van der Waals surface area (Å²) in [5, 5.41) is 4.31. The Kier molecular flexibility index (Phi) is 9.10. The van der Waals surface area contributed by atoms with E-state index in [4.69, 9.17) is 0 Å². The van der Waals surface area contributed by atoms with Gasteiger partial charge >= 0.3 is 0 Å². The smallest absolute Gasteiger partial charge is 0.241 e. The number of carbonyl (C=O) groups excluding carboxylic acids is 1. The fourth-order valence-corrected chi connectivity index (χ4v) is 3.76. The number of aryl methyl sites for hydroxylation is 1. The summed E-state index contributed by atoms with van der Waals surface area (Å²) in [6.45, 7) is 7.10. The standard InChI is InChI=1S/C16H14F2N2.C10H19N5O/c1-11(12-3-7-14(17)8-4-12)20-16(19-2)13-5-9-15(18)10-6-13;1-4-9(16)14-5-7-15(8-6-14)10-11-13(3)12(10)2/h3-10H,1-2H3;4-8H2,1-3H3. The number of piperazine rings is 1. The molecule has 0 N–H and O–H groups in total. The van der Waals surface area contributed by atoms with Crippen LogP contribution >= 0.6 is 0 Å². The van der Waals surface area contributed by atoms with Gasteiger partial charge in [-0.25, -0.2) is 23.3 Å². The third-order valence-electron chi connectivity index (χ3n) is 6.03. The van der Waals surface area contributed by atoms with Crippen molar-refractivity contribution in [3.63, 3.8) is 0 Å². The maximum absolute atomic E-state index is 12.9. The molecule has 1 aliphatic rings. The predicted molar refractivity (Wildman–Crippen MR) is 139 cm³/mol. The molecule has 1 aromatic heterocycles. The molecule has 0 spiro atoms. The van der Waals surface area contributed by atoms with Crippen molar-refractivity contribution in [3.8, 4) is 0 Å². The molecule has 3 aromatic rings. The second-order valence-corrected chi connectivity index (χ2v) is 8.39. The monoisotopic (exact) mass is 497 g/mol. The maximum atomic E-state index is 12.9. The van der Waals surface area contributed by atoms with E-state index in [1.807, 2.05) is 37.5 Å². The summed E-state index contributed by atoms with van der Waals surface area (Å²) in [5.41, 5.74) is 2.26. The van der Waals surface area contributed by atoms with E-state index in [0.717, 1.165) is 49.0 Å². The van der Waals surface area contributed by atoms with E-state index in [0.29, 0.717) is 12.3 Å². The molecule has 2 aromatic carbocycles. The molecule has 4 rings (SSSR count). The highest BCUT2D eigenvalue weighted by molar-refractivity contribution is 6.11. The SMILES string of the molecule is CCC(=O)N1CCN(c2nn(C)n2C)CC1.CN=C(N=C(C)c1ccc(F)cc1)c1ccc(F)cc1. The average Bonchev–Trinajstić information content (AvgIpc) is 2.91. The van der Waals surface area contributed by atoms with Gasteiger partial charge in [0.2, 0.25) is 11.9 Å². The van der Waals surface area contributed by atoms with Gasteiger partial charge < -0.3 is 9.80 Å². The van der Waals surface area contributed by atoms with Gasteiger partial charge in [-0.05, 0) is 48.9 Å². The predicted octanol–water partition coefficient (Wildman–Crippen LogP) is 3.67. The lowest BCUT2D eigenvalue weighted by atomic mass is 10.1. The molecule has 36 heavy (non-hydrogen) atoms. The van der Waals surface area contributed by atoms with Crippen LogP contribution < -0.4 is 4.90 Å². The molecule has 1 fully saturated rings. The van der Waals surface area contributed by atoms with Crippen LogP contribution in [0.1, 0.15) is 31.4 Å². The Bertz CT molecular complexity index is 1200.